The number of aliphatic hydroxyl groups is 2. The Balaban J connectivity index is 1.93. The first-order chi connectivity index (χ1) is 8.54. The number of epoxide rings is 1. The fourth-order valence-electron chi connectivity index (χ4n) is 1.91. The minimum absolute atomic E-state index is 0.0809. The molecule has 1 amide bonds. The van der Waals surface area contributed by atoms with Crippen LogP contribution in [0.3, 0.4) is 0 Å². The van der Waals surface area contributed by atoms with Gasteiger partial charge in [-0.2, -0.15) is 0 Å². The lowest BCUT2D eigenvalue weighted by atomic mass is 10.2. The summed E-state index contributed by atoms with van der Waals surface area (Å²) in [6, 6.07) is 0. The quantitative estimate of drug-likeness (QED) is 0.195. The van der Waals surface area contributed by atoms with Crippen LogP contribution in [0.5, 0.6) is 0 Å². The molecule has 0 bridgehead atoms. The van der Waals surface area contributed by atoms with Crippen molar-refractivity contribution in [3.05, 3.63) is 12.3 Å². The highest BCUT2D eigenvalue weighted by Gasteiger charge is 2.70. The van der Waals surface area contributed by atoms with Gasteiger partial charge < -0.3 is 29.9 Å². The highest BCUT2D eigenvalue weighted by atomic mass is 16.8. The lowest BCUT2D eigenvalue weighted by Gasteiger charge is -2.27. The van der Waals surface area contributed by atoms with Crippen molar-refractivity contribution in [2.45, 2.75) is 24.2 Å². The Morgan fingerprint density at radius 3 is 2.89 bits per heavy atom. The fourth-order valence-corrected chi connectivity index (χ4v) is 1.91. The predicted molar refractivity (Wildman–Crippen MR) is 59.4 cm³/mol. The third-order valence-corrected chi connectivity index (χ3v) is 2.94. The van der Waals surface area contributed by atoms with Crippen LogP contribution in [0.1, 0.15) is 0 Å². The zero-order chi connectivity index (χ0) is 13.3. The molecule has 2 rings (SSSR count). The number of likely N-dealkylation sites (N-methyl/N-ethyl adjacent to an activating group) is 1. The van der Waals surface area contributed by atoms with E-state index in [-0.39, 0.29) is 12.4 Å². The second-order valence-corrected chi connectivity index (χ2v) is 4.16. The molecule has 4 atom stereocenters. The molecule has 100 valence electrons. The Labute approximate surface area is 103 Å². The molecule has 0 aliphatic carbocycles. The topological polar surface area (TPSA) is 118 Å². The van der Waals surface area contributed by atoms with Gasteiger partial charge in [0.1, 0.15) is 24.7 Å². The van der Waals surface area contributed by atoms with E-state index in [9.17, 15) is 9.90 Å². The molecule has 2 saturated heterocycles. The molecule has 8 nitrogen and oxygen atoms in total. The summed E-state index contributed by atoms with van der Waals surface area (Å²) < 4.78 is 10.5. The number of nitrogens with one attached hydrogen (secondary N) is 2. The van der Waals surface area contributed by atoms with Crippen molar-refractivity contribution in [3.63, 3.8) is 0 Å². The van der Waals surface area contributed by atoms with Crippen molar-refractivity contribution in [1.29, 1.82) is 5.41 Å². The van der Waals surface area contributed by atoms with Crippen LogP contribution >= 0.6 is 0 Å². The van der Waals surface area contributed by atoms with Gasteiger partial charge in [0.15, 0.2) is 6.23 Å². The van der Waals surface area contributed by atoms with Gasteiger partial charge in [-0.05, 0) is 6.08 Å². The number of amidine groups is 1. The molecule has 4 unspecified atom stereocenters. The lowest BCUT2D eigenvalue weighted by Crippen LogP contribution is -2.40. The first-order valence-corrected chi connectivity index (χ1v) is 5.37. The molecule has 18 heavy (non-hydrogen) atoms. The summed E-state index contributed by atoms with van der Waals surface area (Å²) in [5, 5.41) is 28.4. The van der Waals surface area contributed by atoms with Gasteiger partial charge in [0, 0.05) is 13.2 Å². The molecular formula is C10H15N3O5. The van der Waals surface area contributed by atoms with Crippen molar-refractivity contribution in [3.8, 4) is 0 Å². The van der Waals surface area contributed by atoms with Crippen LogP contribution in [0.4, 0.5) is 0 Å². The van der Waals surface area contributed by atoms with E-state index in [2.05, 4.69) is 5.32 Å². The van der Waals surface area contributed by atoms with Gasteiger partial charge in [-0.3, -0.25) is 10.2 Å². The molecule has 2 aliphatic rings. The summed E-state index contributed by atoms with van der Waals surface area (Å²) in [5.41, 5.74) is 0. The molecule has 2 heterocycles. The van der Waals surface area contributed by atoms with E-state index in [1.54, 1.807) is 11.9 Å². The van der Waals surface area contributed by atoms with Crippen molar-refractivity contribution < 1.29 is 24.5 Å². The maximum atomic E-state index is 10.1. The molecule has 0 saturated carbocycles. The van der Waals surface area contributed by atoms with E-state index in [1.807, 2.05) is 0 Å². The fraction of sp³-hybridized carbons (Fsp3) is 0.600. The molecule has 4 N–H and O–H groups in total. The summed E-state index contributed by atoms with van der Waals surface area (Å²) in [7, 11) is 1.65. The van der Waals surface area contributed by atoms with E-state index in [0.29, 0.717) is 6.41 Å². The molecule has 2 aliphatic heterocycles. The summed E-state index contributed by atoms with van der Waals surface area (Å²) >= 11 is 0. The van der Waals surface area contributed by atoms with Crippen molar-refractivity contribution in [2.75, 3.05) is 13.7 Å². The third kappa shape index (κ3) is 2.10. The minimum Gasteiger partial charge on any atom is -0.391 e. The van der Waals surface area contributed by atoms with Crippen LogP contribution in [-0.2, 0) is 14.3 Å². The largest absolute Gasteiger partial charge is 0.391 e. The van der Waals surface area contributed by atoms with E-state index < -0.39 is 24.2 Å². The lowest BCUT2D eigenvalue weighted by molar-refractivity contribution is -0.172. The number of nitrogens with zero attached hydrogens (tertiary/aromatic N) is 1. The maximum Gasteiger partial charge on any atom is 0.224 e. The second kappa shape index (κ2) is 4.65. The number of fused-ring (bicyclic) bond motifs is 1. The Hall–Kier alpha value is -1.48. The number of ether oxygens (including phenoxy) is 2. The van der Waals surface area contributed by atoms with Gasteiger partial charge in [-0.25, -0.2) is 0 Å². The standard InChI is InChI=1S/C10H15N3O5/c1-13(3-2-6(11)12-5-15)9-7(16)8-10(4-14,17-8)18-9/h2-3,5,7-9,14,16H,4H2,1H3,(H2,11,12,15)/b3-2-. The van der Waals surface area contributed by atoms with Gasteiger partial charge in [0.2, 0.25) is 12.2 Å². The second-order valence-electron chi connectivity index (χ2n) is 4.16. The summed E-state index contributed by atoms with van der Waals surface area (Å²) in [6.07, 6.45) is 1.19. The Bertz CT molecular complexity index is 388. The Kier molecular flexibility index (Phi) is 3.35. The minimum atomic E-state index is -1.08. The number of aliphatic hydroxyl groups excluding tert-OH is 2. The number of carbonyl (C=O) groups excluding carboxylic acids is 1. The molecule has 0 spiro atoms. The number of carbonyl (C=O) groups is 1. The van der Waals surface area contributed by atoms with Crippen LogP contribution in [0.25, 0.3) is 0 Å². The van der Waals surface area contributed by atoms with Gasteiger partial charge in [-0.15, -0.1) is 0 Å². The van der Waals surface area contributed by atoms with Crippen LogP contribution in [-0.4, -0.2) is 65.2 Å². The molecule has 0 aromatic rings. The Morgan fingerprint density at radius 2 is 2.33 bits per heavy atom. The van der Waals surface area contributed by atoms with Crippen molar-refractivity contribution in [2.24, 2.45) is 0 Å². The summed E-state index contributed by atoms with van der Waals surface area (Å²) in [4.78, 5) is 11.6. The molecule has 0 aromatic carbocycles. The van der Waals surface area contributed by atoms with Crippen LogP contribution < -0.4 is 5.32 Å². The van der Waals surface area contributed by atoms with Crippen LogP contribution in [0, 0.1) is 5.41 Å². The van der Waals surface area contributed by atoms with E-state index >= 15 is 0 Å². The zero-order valence-corrected chi connectivity index (χ0v) is 9.74. The predicted octanol–water partition coefficient (Wildman–Crippen LogP) is -2.04. The molecule has 0 aromatic heterocycles. The smallest absolute Gasteiger partial charge is 0.224 e. The van der Waals surface area contributed by atoms with Gasteiger partial charge >= 0.3 is 0 Å². The van der Waals surface area contributed by atoms with Crippen molar-refractivity contribution in [1.82, 2.24) is 10.2 Å². The highest BCUT2D eigenvalue weighted by molar-refractivity contribution is 5.96. The summed E-state index contributed by atoms with van der Waals surface area (Å²) in [6.45, 7) is -0.314. The van der Waals surface area contributed by atoms with E-state index in [0.717, 1.165) is 0 Å². The van der Waals surface area contributed by atoms with Gasteiger partial charge in [0.05, 0.1) is 0 Å². The average molecular weight is 257 g/mol. The highest BCUT2D eigenvalue weighted by Crippen LogP contribution is 2.48. The SMILES string of the molecule is CN(/C=C\C(=N)NC=O)C1OC2(CO)OC2C1O. The van der Waals surface area contributed by atoms with Gasteiger partial charge in [-0.1, -0.05) is 0 Å². The first-order valence-electron chi connectivity index (χ1n) is 5.37. The van der Waals surface area contributed by atoms with Gasteiger partial charge in [0.25, 0.3) is 0 Å². The number of hydrogen-bond acceptors (Lipinski definition) is 7. The molecule has 8 heteroatoms. The number of rotatable bonds is 5. The van der Waals surface area contributed by atoms with E-state index in [1.165, 1.54) is 12.3 Å². The number of hydrogen-bond donors (Lipinski definition) is 4. The average Bonchev–Trinajstić information content (AvgIpc) is 3.01. The summed E-state index contributed by atoms with van der Waals surface area (Å²) in [5.74, 6) is -1.16. The first kappa shape index (κ1) is 13.0. The third-order valence-electron chi connectivity index (χ3n) is 2.94. The monoisotopic (exact) mass is 257 g/mol. The number of amides is 1. The Morgan fingerprint density at radius 1 is 1.61 bits per heavy atom. The molecule has 2 fully saturated rings. The van der Waals surface area contributed by atoms with Crippen LogP contribution in [0.15, 0.2) is 12.3 Å². The normalized spacial score (nSPS) is 37.4. The van der Waals surface area contributed by atoms with E-state index in [4.69, 9.17) is 20.0 Å². The molecular weight excluding hydrogens is 242 g/mol. The maximum absolute atomic E-state index is 10.1. The zero-order valence-electron chi connectivity index (χ0n) is 9.74. The van der Waals surface area contributed by atoms with Crippen LogP contribution in [0.2, 0.25) is 0 Å². The molecule has 0 radical (unpaired) electrons. The van der Waals surface area contributed by atoms with Crippen molar-refractivity contribution >= 4 is 12.2 Å².